The van der Waals surface area contributed by atoms with Crippen LogP contribution in [-0.2, 0) is 0 Å². The Balaban J connectivity index is 2.10. The summed E-state index contributed by atoms with van der Waals surface area (Å²) < 4.78 is 0.624. The number of aryl methyl sites for hydroxylation is 1. The number of ketones is 1. The number of allylic oxidation sites excluding steroid dienone is 1. The van der Waals surface area contributed by atoms with E-state index < -0.39 is 0 Å². The lowest BCUT2D eigenvalue weighted by Gasteiger charge is -1.93. The normalized spacial score (nSPS) is 10.9. The number of nitrogens with zero attached hydrogens (tertiary/aromatic N) is 1. The van der Waals surface area contributed by atoms with E-state index in [4.69, 9.17) is 11.6 Å². The third-order valence-corrected chi connectivity index (χ3v) is 3.42. The van der Waals surface area contributed by atoms with Gasteiger partial charge < -0.3 is 0 Å². The van der Waals surface area contributed by atoms with Gasteiger partial charge in [-0.15, -0.1) is 11.3 Å². The number of aromatic nitrogens is 1. The summed E-state index contributed by atoms with van der Waals surface area (Å²) in [5, 5.41) is 0. The van der Waals surface area contributed by atoms with Gasteiger partial charge in [0.05, 0.1) is 9.21 Å². The van der Waals surface area contributed by atoms with E-state index in [0.29, 0.717) is 9.21 Å². The average molecular weight is 264 g/mol. The van der Waals surface area contributed by atoms with Crippen molar-refractivity contribution >= 4 is 34.8 Å². The van der Waals surface area contributed by atoms with Gasteiger partial charge in [0.1, 0.15) is 0 Å². The Kier molecular flexibility index (Phi) is 3.71. The fourth-order valence-corrected chi connectivity index (χ4v) is 2.24. The molecule has 0 aromatic carbocycles. The Morgan fingerprint density at radius 1 is 1.35 bits per heavy atom. The van der Waals surface area contributed by atoms with Crippen LogP contribution >= 0.6 is 22.9 Å². The van der Waals surface area contributed by atoms with E-state index in [-0.39, 0.29) is 5.78 Å². The second-order valence-corrected chi connectivity index (χ2v) is 5.25. The molecule has 2 rings (SSSR count). The molecule has 0 saturated heterocycles. The number of hydrogen-bond acceptors (Lipinski definition) is 3. The van der Waals surface area contributed by atoms with Crippen molar-refractivity contribution in [2.45, 2.75) is 6.92 Å². The van der Waals surface area contributed by atoms with E-state index in [1.165, 1.54) is 17.4 Å². The number of rotatable bonds is 3. The zero-order valence-electron chi connectivity index (χ0n) is 9.18. The van der Waals surface area contributed by atoms with Crippen LogP contribution in [0.5, 0.6) is 0 Å². The van der Waals surface area contributed by atoms with Crippen molar-refractivity contribution in [1.82, 2.24) is 4.98 Å². The van der Waals surface area contributed by atoms with E-state index in [9.17, 15) is 4.79 Å². The molecule has 2 aromatic heterocycles. The maximum atomic E-state index is 11.7. The monoisotopic (exact) mass is 263 g/mol. The van der Waals surface area contributed by atoms with Crippen LogP contribution in [0.1, 0.15) is 20.9 Å². The van der Waals surface area contributed by atoms with Crippen molar-refractivity contribution in [3.05, 3.63) is 57.0 Å². The Morgan fingerprint density at radius 2 is 2.18 bits per heavy atom. The summed E-state index contributed by atoms with van der Waals surface area (Å²) in [5.41, 5.74) is 1.87. The summed E-state index contributed by atoms with van der Waals surface area (Å²) in [6.45, 7) is 1.92. The molecule has 0 amide bonds. The average Bonchev–Trinajstić information content (AvgIpc) is 2.75. The molecule has 2 nitrogen and oxygen atoms in total. The van der Waals surface area contributed by atoms with Gasteiger partial charge in [0.15, 0.2) is 5.78 Å². The van der Waals surface area contributed by atoms with Crippen LogP contribution in [0, 0.1) is 6.92 Å². The molecule has 0 radical (unpaired) electrons. The van der Waals surface area contributed by atoms with Crippen LogP contribution < -0.4 is 0 Å². The van der Waals surface area contributed by atoms with Crippen molar-refractivity contribution in [2.75, 3.05) is 0 Å². The van der Waals surface area contributed by atoms with Crippen LogP contribution in [-0.4, -0.2) is 10.8 Å². The SMILES string of the molecule is Cc1ccc(/C=C/C(=O)c2ccc(Cl)s2)cn1. The van der Waals surface area contributed by atoms with Gasteiger partial charge in [-0.1, -0.05) is 17.7 Å². The fraction of sp³-hybridized carbons (Fsp3) is 0.0769. The third-order valence-electron chi connectivity index (χ3n) is 2.18. The molecule has 2 heterocycles. The smallest absolute Gasteiger partial charge is 0.195 e. The molecule has 0 aliphatic heterocycles. The van der Waals surface area contributed by atoms with Crippen molar-refractivity contribution in [1.29, 1.82) is 0 Å². The van der Waals surface area contributed by atoms with Gasteiger partial charge in [-0.25, -0.2) is 0 Å². The van der Waals surface area contributed by atoms with E-state index in [2.05, 4.69) is 4.98 Å². The Hall–Kier alpha value is -1.45. The number of carbonyl (C=O) groups is 1. The van der Waals surface area contributed by atoms with Gasteiger partial charge in [0, 0.05) is 11.9 Å². The Morgan fingerprint density at radius 3 is 2.76 bits per heavy atom. The lowest BCUT2D eigenvalue weighted by molar-refractivity contribution is 0.105. The predicted molar refractivity (Wildman–Crippen MR) is 71.7 cm³/mol. The highest BCUT2D eigenvalue weighted by molar-refractivity contribution is 7.18. The van der Waals surface area contributed by atoms with E-state index >= 15 is 0 Å². The molecule has 0 spiro atoms. The molecule has 0 saturated carbocycles. The summed E-state index contributed by atoms with van der Waals surface area (Å²) in [4.78, 5) is 16.5. The molecule has 17 heavy (non-hydrogen) atoms. The topological polar surface area (TPSA) is 30.0 Å². The molecule has 0 bridgehead atoms. The fourth-order valence-electron chi connectivity index (χ4n) is 1.28. The zero-order valence-corrected chi connectivity index (χ0v) is 10.8. The molecule has 0 aliphatic carbocycles. The maximum absolute atomic E-state index is 11.7. The summed E-state index contributed by atoms with van der Waals surface area (Å²) >= 11 is 7.05. The minimum Gasteiger partial charge on any atom is -0.288 e. The van der Waals surface area contributed by atoms with Crippen LogP contribution in [0.2, 0.25) is 4.34 Å². The lowest BCUT2D eigenvalue weighted by atomic mass is 10.2. The largest absolute Gasteiger partial charge is 0.288 e. The lowest BCUT2D eigenvalue weighted by Crippen LogP contribution is -1.89. The first-order chi connectivity index (χ1) is 8.15. The number of carbonyl (C=O) groups excluding carboxylic acids is 1. The molecule has 2 aromatic rings. The molecule has 0 unspecified atom stereocenters. The van der Waals surface area contributed by atoms with Crippen LogP contribution in [0.15, 0.2) is 36.5 Å². The van der Waals surface area contributed by atoms with Gasteiger partial charge in [-0.3, -0.25) is 9.78 Å². The van der Waals surface area contributed by atoms with Crippen molar-refractivity contribution in [3.63, 3.8) is 0 Å². The second-order valence-electron chi connectivity index (χ2n) is 3.53. The van der Waals surface area contributed by atoms with E-state index in [1.807, 2.05) is 19.1 Å². The van der Waals surface area contributed by atoms with Gasteiger partial charge in [0.25, 0.3) is 0 Å². The first-order valence-electron chi connectivity index (χ1n) is 5.05. The van der Waals surface area contributed by atoms with E-state index in [1.54, 1.807) is 24.4 Å². The highest BCUT2D eigenvalue weighted by Crippen LogP contribution is 2.22. The third kappa shape index (κ3) is 3.25. The highest BCUT2D eigenvalue weighted by Gasteiger charge is 2.04. The standard InChI is InChI=1S/C13H10ClNOS/c1-9-2-3-10(8-15-9)4-5-11(16)12-6-7-13(14)17-12/h2-8H,1H3/b5-4+. The maximum Gasteiger partial charge on any atom is 0.195 e. The minimum absolute atomic E-state index is 0.0394. The molecule has 4 heteroatoms. The highest BCUT2D eigenvalue weighted by atomic mass is 35.5. The number of thiophene rings is 1. The molecule has 0 N–H and O–H groups in total. The summed E-state index contributed by atoms with van der Waals surface area (Å²) in [5.74, 6) is -0.0394. The van der Waals surface area contributed by atoms with Gasteiger partial charge in [0.2, 0.25) is 0 Å². The Labute approximate surface area is 109 Å². The molecular formula is C13H10ClNOS. The molecule has 0 aliphatic rings. The summed E-state index contributed by atoms with van der Waals surface area (Å²) in [6, 6.07) is 7.29. The number of hydrogen-bond donors (Lipinski definition) is 0. The van der Waals surface area contributed by atoms with Crippen LogP contribution in [0.25, 0.3) is 6.08 Å². The van der Waals surface area contributed by atoms with Gasteiger partial charge >= 0.3 is 0 Å². The predicted octanol–water partition coefficient (Wildman–Crippen LogP) is 4.00. The molecule has 0 atom stereocenters. The van der Waals surface area contributed by atoms with Gasteiger partial charge in [-0.2, -0.15) is 0 Å². The summed E-state index contributed by atoms with van der Waals surface area (Å²) in [6.07, 6.45) is 5.03. The van der Waals surface area contributed by atoms with Crippen LogP contribution in [0.4, 0.5) is 0 Å². The van der Waals surface area contributed by atoms with Gasteiger partial charge in [-0.05, 0) is 42.8 Å². The van der Waals surface area contributed by atoms with Crippen molar-refractivity contribution in [2.24, 2.45) is 0 Å². The molecule has 86 valence electrons. The van der Waals surface area contributed by atoms with Crippen molar-refractivity contribution < 1.29 is 4.79 Å². The number of pyridine rings is 1. The first-order valence-corrected chi connectivity index (χ1v) is 6.25. The quantitative estimate of drug-likeness (QED) is 0.619. The van der Waals surface area contributed by atoms with Crippen LogP contribution in [0.3, 0.4) is 0 Å². The Bertz CT molecular complexity index is 557. The first kappa shape index (κ1) is 12.0. The zero-order chi connectivity index (χ0) is 12.3. The molecular weight excluding hydrogens is 254 g/mol. The number of halogens is 1. The minimum atomic E-state index is -0.0394. The van der Waals surface area contributed by atoms with E-state index in [0.717, 1.165) is 11.3 Å². The molecule has 0 fully saturated rings. The second kappa shape index (κ2) is 5.25. The summed E-state index contributed by atoms with van der Waals surface area (Å²) in [7, 11) is 0. The van der Waals surface area contributed by atoms with Crippen molar-refractivity contribution in [3.8, 4) is 0 Å².